The number of benzene rings is 1. The van der Waals surface area contributed by atoms with Gasteiger partial charge in [0.05, 0.1) is 10.5 Å². The van der Waals surface area contributed by atoms with E-state index >= 15 is 0 Å². The molecular formula is C7H7N3O4. The zero-order valence-corrected chi connectivity index (χ0v) is 6.97. The summed E-state index contributed by atoms with van der Waals surface area (Å²) in [6, 6.07) is 4.95. The molecule has 0 aliphatic heterocycles. The number of carbonyl (C=O) groups is 1. The van der Waals surface area contributed by atoms with Gasteiger partial charge in [-0.1, -0.05) is 5.59 Å². The van der Waals surface area contributed by atoms with Crippen molar-refractivity contribution in [3.63, 3.8) is 0 Å². The average molecular weight is 197 g/mol. The third-order valence-electron chi connectivity index (χ3n) is 1.47. The molecule has 0 fully saturated rings. The number of nitro benzene ring substituents is 1. The molecule has 0 aliphatic rings. The molecule has 0 aliphatic carbocycles. The molecule has 0 aromatic heterocycles. The van der Waals surface area contributed by atoms with E-state index in [1.807, 2.05) is 0 Å². The highest BCUT2D eigenvalue weighted by Crippen LogP contribution is 2.12. The lowest BCUT2D eigenvalue weighted by atomic mass is 10.2. The van der Waals surface area contributed by atoms with E-state index < -0.39 is 10.9 Å². The molecule has 0 spiro atoms. The van der Waals surface area contributed by atoms with Gasteiger partial charge in [-0.15, -0.1) is 0 Å². The largest absolute Gasteiger partial charge is 0.357 e. The normalized spacial score (nSPS) is 9.50. The summed E-state index contributed by atoms with van der Waals surface area (Å²) in [5.74, 6) is 4.04. The van der Waals surface area contributed by atoms with Crippen LogP contribution in [0.25, 0.3) is 0 Å². The molecule has 0 unspecified atom stereocenters. The van der Waals surface area contributed by atoms with Crippen LogP contribution in [0.2, 0.25) is 0 Å². The fourth-order valence-corrected chi connectivity index (χ4v) is 0.832. The molecule has 0 saturated heterocycles. The van der Waals surface area contributed by atoms with Crippen LogP contribution in [0.5, 0.6) is 0 Å². The average Bonchev–Trinajstić information content (AvgIpc) is 2.18. The summed E-state index contributed by atoms with van der Waals surface area (Å²) in [5.41, 5.74) is 1.80. The quantitative estimate of drug-likeness (QED) is 0.405. The summed E-state index contributed by atoms with van der Waals surface area (Å²) in [5, 5.41) is 10.3. The molecule has 0 atom stereocenters. The van der Waals surface area contributed by atoms with E-state index in [-0.39, 0.29) is 11.3 Å². The Morgan fingerprint density at radius 1 is 1.43 bits per heavy atom. The van der Waals surface area contributed by atoms with Gasteiger partial charge in [-0.3, -0.25) is 10.1 Å². The smallest absolute Gasteiger partial charge is 0.351 e. The molecule has 0 bridgehead atoms. The summed E-state index contributed by atoms with van der Waals surface area (Å²) in [6.07, 6.45) is 0. The van der Waals surface area contributed by atoms with Crippen molar-refractivity contribution in [2.24, 2.45) is 5.84 Å². The van der Waals surface area contributed by atoms with Crippen LogP contribution in [0.3, 0.4) is 0 Å². The highest BCUT2D eigenvalue weighted by molar-refractivity contribution is 5.89. The summed E-state index contributed by atoms with van der Waals surface area (Å²) in [6.45, 7) is 0. The molecule has 1 aromatic rings. The van der Waals surface area contributed by atoms with Crippen molar-refractivity contribution in [1.29, 1.82) is 0 Å². The van der Waals surface area contributed by atoms with Crippen LogP contribution in [0.1, 0.15) is 10.4 Å². The van der Waals surface area contributed by atoms with Gasteiger partial charge < -0.3 is 4.84 Å². The standard InChI is InChI=1S/C7H7N3O4/c8-9-14-7(11)5-1-3-6(4-2-5)10(12)13/h1-4,9H,8H2. The van der Waals surface area contributed by atoms with E-state index in [1.165, 1.54) is 24.3 Å². The molecular weight excluding hydrogens is 190 g/mol. The molecule has 0 heterocycles. The van der Waals surface area contributed by atoms with Crippen LogP contribution in [0.4, 0.5) is 5.69 Å². The molecule has 74 valence electrons. The van der Waals surface area contributed by atoms with Gasteiger partial charge in [-0.25, -0.2) is 10.6 Å². The van der Waals surface area contributed by atoms with Crippen LogP contribution in [0.15, 0.2) is 24.3 Å². The Morgan fingerprint density at radius 2 is 2.00 bits per heavy atom. The van der Waals surface area contributed by atoms with Gasteiger partial charge in [0.25, 0.3) is 5.69 Å². The number of hydrogen-bond acceptors (Lipinski definition) is 6. The highest BCUT2D eigenvalue weighted by Gasteiger charge is 2.09. The Morgan fingerprint density at radius 3 is 2.43 bits per heavy atom. The van der Waals surface area contributed by atoms with Crippen molar-refractivity contribution in [3.05, 3.63) is 39.9 Å². The van der Waals surface area contributed by atoms with Gasteiger partial charge in [0, 0.05) is 12.1 Å². The first kappa shape index (κ1) is 10.1. The fourth-order valence-electron chi connectivity index (χ4n) is 0.832. The summed E-state index contributed by atoms with van der Waals surface area (Å²) in [7, 11) is 0. The lowest BCUT2D eigenvalue weighted by Crippen LogP contribution is -2.26. The van der Waals surface area contributed by atoms with Crippen molar-refractivity contribution in [2.45, 2.75) is 0 Å². The van der Waals surface area contributed by atoms with Crippen LogP contribution in [0, 0.1) is 10.1 Å². The number of carbonyl (C=O) groups excluding carboxylic acids is 1. The fraction of sp³-hybridized carbons (Fsp3) is 0. The number of nitro groups is 1. The second-order valence-electron chi connectivity index (χ2n) is 2.31. The van der Waals surface area contributed by atoms with Gasteiger partial charge >= 0.3 is 5.97 Å². The van der Waals surface area contributed by atoms with Gasteiger partial charge in [-0.05, 0) is 12.1 Å². The van der Waals surface area contributed by atoms with Gasteiger partial charge in [0.2, 0.25) is 0 Å². The van der Waals surface area contributed by atoms with E-state index in [4.69, 9.17) is 5.84 Å². The van der Waals surface area contributed by atoms with Crippen molar-refractivity contribution in [2.75, 3.05) is 0 Å². The van der Waals surface area contributed by atoms with E-state index in [0.29, 0.717) is 0 Å². The van der Waals surface area contributed by atoms with Gasteiger partial charge in [0.15, 0.2) is 0 Å². The molecule has 1 aromatic carbocycles. The molecule has 14 heavy (non-hydrogen) atoms. The van der Waals surface area contributed by atoms with E-state index in [9.17, 15) is 14.9 Å². The SMILES string of the molecule is NNOC(=O)c1ccc([N+](=O)[O-])cc1. The van der Waals surface area contributed by atoms with Gasteiger partial charge in [0.1, 0.15) is 0 Å². The monoisotopic (exact) mass is 197 g/mol. The lowest BCUT2D eigenvalue weighted by Gasteiger charge is -1.99. The molecule has 7 heteroatoms. The van der Waals surface area contributed by atoms with Crippen molar-refractivity contribution >= 4 is 11.7 Å². The maximum Gasteiger partial charge on any atom is 0.357 e. The Kier molecular flexibility index (Phi) is 3.10. The number of nitrogens with zero attached hydrogens (tertiary/aromatic N) is 1. The summed E-state index contributed by atoms with van der Waals surface area (Å²) >= 11 is 0. The second-order valence-corrected chi connectivity index (χ2v) is 2.31. The molecule has 3 N–H and O–H groups in total. The zero-order chi connectivity index (χ0) is 10.6. The topological polar surface area (TPSA) is 107 Å². The minimum absolute atomic E-state index is 0.0951. The lowest BCUT2D eigenvalue weighted by molar-refractivity contribution is -0.384. The highest BCUT2D eigenvalue weighted by atomic mass is 16.7. The Bertz CT molecular complexity index is 348. The first-order chi connectivity index (χ1) is 6.65. The van der Waals surface area contributed by atoms with E-state index in [2.05, 4.69) is 4.84 Å². The van der Waals surface area contributed by atoms with E-state index in [1.54, 1.807) is 5.59 Å². The summed E-state index contributed by atoms with van der Waals surface area (Å²) in [4.78, 5) is 24.9. The van der Waals surface area contributed by atoms with Crippen molar-refractivity contribution in [1.82, 2.24) is 5.59 Å². The maximum atomic E-state index is 11.0. The third-order valence-corrected chi connectivity index (χ3v) is 1.47. The van der Waals surface area contributed by atoms with Crippen LogP contribution < -0.4 is 11.4 Å². The van der Waals surface area contributed by atoms with Crippen molar-refractivity contribution in [3.8, 4) is 0 Å². The third kappa shape index (κ3) is 2.25. The first-order valence-corrected chi connectivity index (χ1v) is 3.56. The maximum absolute atomic E-state index is 11.0. The Hall–Kier alpha value is -1.99. The van der Waals surface area contributed by atoms with Crippen LogP contribution >= 0.6 is 0 Å². The molecule has 0 amide bonds. The number of hydrazine groups is 1. The predicted molar refractivity (Wildman–Crippen MR) is 45.8 cm³/mol. The second kappa shape index (κ2) is 4.30. The number of hydrogen-bond donors (Lipinski definition) is 2. The minimum atomic E-state index is -0.706. The number of nitrogens with one attached hydrogen (secondary N) is 1. The molecule has 0 saturated carbocycles. The Balaban J connectivity index is 2.83. The van der Waals surface area contributed by atoms with Crippen LogP contribution in [-0.2, 0) is 4.84 Å². The first-order valence-electron chi connectivity index (χ1n) is 3.56. The van der Waals surface area contributed by atoms with Crippen LogP contribution in [-0.4, -0.2) is 10.9 Å². The Labute approximate surface area is 78.5 Å². The number of rotatable bonds is 3. The molecule has 0 radical (unpaired) electrons. The van der Waals surface area contributed by atoms with Crippen molar-refractivity contribution < 1.29 is 14.6 Å². The summed E-state index contributed by atoms with van der Waals surface area (Å²) < 4.78 is 0. The molecule has 1 rings (SSSR count). The van der Waals surface area contributed by atoms with E-state index in [0.717, 1.165) is 0 Å². The minimum Gasteiger partial charge on any atom is -0.351 e. The molecule has 7 nitrogen and oxygen atoms in total. The predicted octanol–water partition coefficient (Wildman–Crippen LogP) is 0.130. The number of nitrogens with two attached hydrogens (primary N) is 1. The number of non-ortho nitro benzene ring substituents is 1. The zero-order valence-electron chi connectivity index (χ0n) is 6.97. The van der Waals surface area contributed by atoms with Gasteiger partial charge in [-0.2, -0.15) is 0 Å².